The lowest BCUT2D eigenvalue weighted by Crippen LogP contribution is -2.03. The molecule has 0 aliphatic rings. The van der Waals surface area contributed by atoms with Crippen molar-refractivity contribution in [2.45, 2.75) is 19.9 Å². The first-order valence-corrected chi connectivity index (χ1v) is 4.15. The van der Waals surface area contributed by atoms with Gasteiger partial charge in [0.05, 0.1) is 10.9 Å². The van der Waals surface area contributed by atoms with Crippen molar-refractivity contribution in [3.63, 3.8) is 0 Å². The van der Waals surface area contributed by atoms with Crippen LogP contribution in [0.15, 0.2) is 6.20 Å². The molecule has 0 aromatic carbocycles. The van der Waals surface area contributed by atoms with Crippen molar-refractivity contribution in [1.82, 2.24) is 4.98 Å². The molecule has 0 saturated heterocycles. The topological polar surface area (TPSA) is 56.0 Å². The summed E-state index contributed by atoms with van der Waals surface area (Å²) >= 11 is 1.36. The second-order valence-electron chi connectivity index (χ2n) is 2.41. The second kappa shape index (κ2) is 3.11. The lowest BCUT2D eigenvalue weighted by molar-refractivity contribution is 0.102. The maximum atomic E-state index is 10.8. The molecule has 1 unspecified atom stereocenters. The molecule has 1 aromatic rings. The van der Waals surface area contributed by atoms with Gasteiger partial charge in [-0.3, -0.25) is 4.79 Å². The van der Waals surface area contributed by atoms with E-state index in [1.165, 1.54) is 18.3 Å². The number of Topliss-reactive ketones (excluding diaryl/α,β-unsaturated/α-hetero) is 1. The van der Waals surface area contributed by atoms with Gasteiger partial charge in [-0.05, 0) is 6.92 Å². The van der Waals surface area contributed by atoms with Crippen LogP contribution in [0.1, 0.15) is 34.6 Å². The van der Waals surface area contributed by atoms with Crippen LogP contribution in [0.25, 0.3) is 0 Å². The van der Waals surface area contributed by atoms with Crippen LogP contribution in [0.4, 0.5) is 0 Å². The molecule has 0 bridgehead atoms. The highest BCUT2D eigenvalue weighted by Gasteiger charge is 2.07. The lowest BCUT2D eigenvalue weighted by atomic mass is 10.4. The van der Waals surface area contributed by atoms with E-state index in [2.05, 4.69) is 4.98 Å². The third-order valence-electron chi connectivity index (χ3n) is 1.26. The number of thiazole rings is 1. The van der Waals surface area contributed by atoms with Crippen molar-refractivity contribution in [2.24, 2.45) is 5.73 Å². The molecule has 0 aliphatic carbocycles. The van der Waals surface area contributed by atoms with E-state index in [9.17, 15) is 4.79 Å². The van der Waals surface area contributed by atoms with E-state index < -0.39 is 0 Å². The zero-order valence-electron chi connectivity index (χ0n) is 6.50. The van der Waals surface area contributed by atoms with Gasteiger partial charge in [0, 0.05) is 13.1 Å². The van der Waals surface area contributed by atoms with Crippen molar-refractivity contribution in [3.8, 4) is 0 Å². The normalized spacial score (nSPS) is 13.0. The van der Waals surface area contributed by atoms with Gasteiger partial charge in [0.15, 0.2) is 5.78 Å². The number of nitrogens with zero attached hydrogens (tertiary/aromatic N) is 1. The number of carbonyl (C=O) groups excluding carboxylic acids is 1. The Balaban J connectivity index is 2.90. The van der Waals surface area contributed by atoms with E-state index in [-0.39, 0.29) is 11.8 Å². The quantitative estimate of drug-likeness (QED) is 0.682. The molecular weight excluding hydrogens is 160 g/mol. The molecule has 4 heteroatoms. The number of rotatable bonds is 2. The largest absolute Gasteiger partial charge is 0.322 e. The van der Waals surface area contributed by atoms with Crippen LogP contribution < -0.4 is 5.73 Å². The minimum absolute atomic E-state index is 0.0504. The number of carbonyl (C=O) groups is 1. The summed E-state index contributed by atoms with van der Waals surface area (Å²) in [5.74, 6) is 0.0504. The van der Waals surface area contributed by atoms with Gasteiger partial charge < -0.3 is 5.73 Å². The van der Waals surface area contributed by atoms with Crippen LogP contribution in [-0.4, -0.2) is 10.8 Å². The van der Waals surface area contributed by atoms with Crippen molar-refractivity contribution in [3.05, 3.63) is 16.1 Å². The molecule has 1 aromatic heterocycles. The second-order valence-corrected chi connectivity index (χ2v) is 3.47. The molecule has 1 atom stereocenters. The minimum atomic E-state index is -0.0758. The van der Waals surface area contributed by atoms with Crippen molar-refractivity contribution >= 4 is 17.1 Å². The first-order chi connectivity index (χ1) is 5.11. The summed E-state index contributed by atoms with van der Waals surface area (Å²) < 4.78 is 0. The molecule has 11 heavy (non-hydrogen) atoms. The van der Waals surface area contributed by atoms with E-state index >= 15 is 0 Å². The molecule has 1 rings (SSSR count). The summed E-state index contributed by atoms with van der Waals surface area (Å²) in [4.78, 5) is 15.5. The Bertz CT molecular complexity index is 267. The summed E-state index contributed by atoms with van der Waals surface area (Å²) in [7, 11) is 0. The highest BCUT2D eigenvalue weighted by Crippen LogP contribution is 2.17. The molecule has 0 fully saturated rings. The molecule has 0 saturated carbocycles. The van der Waals surface area contributed by atoms with Gasteiger partial charge in [0.2, 0.25) is 0 Å². The molecule has 0 spiro atoms. The monoisotopic (exact) mass is 170 g/mol. The average molecular weight is 170 g/mol. The molecule has 2 N–H and O–H groups in total. The van der Waals surface area contributed by atoms with Gasteiger partial charge in [0.1, 0.15) is 5.01 Å². The number of ketones is 1. The number of nitrogens with two attached hydrogens (primary N) is 1. The summed E-state index contributed by atoms with van der Waals surface area (Å²) in [6.45, 7) is 3.38. The van der Waals surface area contributed by atoms with E-state index in [0.29, 0.717) is 4.88 Å². The predicted molar refractivity (Wildman–Crippen MR) is 44.7 cm³/mol. The highest BCUT2D eigenvalue weighted by molar-refractivity contribution is 7.13. The number of hydrogen-bond donors (Lipinski definition) is 1. The molecule has 3 nitrogen and oxygen atoms in total. The standard InChI is InChI=1S/C7H10N2OS/c1-4(8)7-9-3-6(11-7)5(2)10/h3-4H,8H2,1-2H3. The Kier molecular flexibility index (Phi) is 2.36. The Morgan fingerprint density at radius 2 is 2.45 bits per heavy atom. The fourth-order valence-electron chi connectivity index (χ4n) is 0.661. The van der Waals surface area contributed by atoms with Gasteiger partial charge in [-0.1, -0.05) is 0 Å². The van der Waals surface area contributed by atoms with Crippen molar-refractivity contribution < 1.29 is 4.79 Å². The smallest absolute Gasteiger partial charge is 0.171 e. The van der Waals surface area contributed by atoms with Crippen LogP contribution in [0.2, 0.25) is 0 Å². The third kappa shape index (κ3) is 1.85. The molecule has 60 valence electrons. The minimum Gasteiger partial charge on any atom is -0.322 e. The molecule has 1 heterocycles. The molecule has 0 radical (unpaired) electrons. The Morgan fingerprint density at radius 3 is 2.73 bits per heavy atom. The molecule has 0 aliphatic heterocycles. The predicted octanol–water partition coefficient (Wildman–Crippen LogP) is 1.37. The van der Waals surface area contributed by atoms with Gasteiger partial charge in [-0.2, -0.15) is 0 Å². The van der Waals surface area contributed by atoms with Crippen LogP contribution >= 0.6 is 11.3 Å². The van der Waals surface area contributed by atoms with E-state index in [4.69, 9.17) is 5.73 Å². The fraction of sp³-hybridized carbons (Fsp3) is 0.429. The van der Waals surface area contributed by atoms with Gasteiger partial charge in [0.25, 0.3) is 0 Å². The lowest BCUT2D eigenvalue weighted by Gasteiger charge is -1.95. The molecular formula is C7H10N2OS. The first kappa shape index (κ1) is 8.36. The zero-order valence-corrected chi connectivity index (χ0v) is 7.31. The van der Waals surface area contributed by atoms with Crippen molar-refractivity contribution in [2.75, 3.05) is 0 Å². The van der Waals surface area contributed by atoms with Crippen LogP contribution in [0, 0.1) is 0 Å². The Labute approximate surface area is 69.3 Å². The summed E-state index contributed by atoms with van der Waals surface area (Å²) in [5, 5.41) is 0.815. The van der Waals surface area contributed by atoms with E-state index in [1.54, 1.807) is 6.20 Å². The highest BCUT2D eigenvalue weighted by atomic mass is 32.1. The zero-order chi connectivity index (χ0) is 8.43. The Morgan fingerprint density at radius 1 is 1.82 bits per heavy atom. The van der Waals surface area contributed by atoms with Crippen LogP contribution in [0.3, 0.4) is 0 Å². The number of aromatic nitrogens is 1. The fourth-order valence-corrected chi connectivity index (χ4v) is 1.43. The number of hydrogen-bond acceptors (Lipinski definition) is 4. The van der Waals surface area contributed by atoms with Gasteiger partial charge >= 0.3 is 0 Å². The summed E-state index contributed by atoms with van der Waals surface area (Å²) in [6, 6.07) is -0.0758. The molecule has 0 amide bonds. The summed E-state index contributed by atoms with van der Waals surface area (Å²) in [6.07, 6.45) is 1.58. The van der Waals surface area contributed by atoms with E-state index in [1.807, 2.05) is 6.92 Å². The first-order valence-electron chi connectivity index (χ1n) is 3.33. The van der Waals surface area contributed by atoms with Crippen LogP contribution in [-0.2, 0) is 0 Å². The van der Waals surface area contributed by atoms with Gasteiger partial charge in [-0.15, -0.1) is 11.3 Å². The maximum Gasteiger partial charge on any atom is 0.171 e. The van der Waals surface area contributed by atoms with E-state index in [0.717, 1.165) is 5.01 Å². The van der Waals surface area contributed by atoms with Gasteiger partial charge in [-0.25, -0.2) is 4.98 Å². The maximum absolute atomic E-state index is 10.8. The van der Waals surface area contributed by atoms with Crippen molar-refractivity contribution in [1.29, 1.82) is 0 Å². The Hall–Kier alpha value is -0.740. The average Bonchev–Trinajstić information content (AvgIpc) is 2.33. The van der Waals surface area contributed by atoms with Crippen LogP contribution in [0.5, 0.6) is 0 Å². The SMILES string of the molecule is CC(=O)c1cnc(C(C)N)s1. The summed E-state index contributed by atoms with van der Waals surface area (Å²) in [5.41, 5.74) is 5.56. The third-order valence-corrected chi connectivity index (χ3v) is 2.56.